The molecule has 0 spiro atoms. The quantitative estimate of drug-likeness (QED) is 0.755. The van der Waals surface area contributed by atoms with Gasteiger partial charge in [-0.2, -0.15) is 0 Å². The minimum absolute atomic E-state index is 0.0566. The number of methoxy groups -OCH3 is 1. The molecule has 0 aromatic rings. The van der Waals surface area contributed by atoms with Crippen LogP contribution in [0.2, 0.25) is 0 Å². The summed E-state index contributed by atoms with van der Waals surface area (Å²) >= 11 is 0. The molecule has 0 heterocycles. The van der Waals surface area contributed by atoms with Gasteiger partial charge in [0.25, 0.3) is 0 Å². The van der Waals surface area contributed by atoms with Crippen LogP contribution in [-0.2, 0) is 4.74 Å². The minimum atomic E-state index is 0.0566. The predicted octanol–water partition coefficient (Wildman–Crippen LogP) is 2.71. The van der Waals surface area contributed by atoms with Crippen LogP contribution in [0.15, 0.2) is 0 Å². The van der Waals surface area contributed by atoms with E-state index in [2.05, 4.69) is 13.8 Å². The molecule has 1 aliphatic rings. The fraction of sp³-hybridized carbons (Fsp3) is 1.00. The summed E-state index contributed by atoms with van der Waals surface area (Å²) in [7, 11) is 1.77. The first-order valence-corrected chi connectivity index (χ1v) is 5.91. The Bertz CT molecular complexity index is 162. The van der Waals surface area contributed by atoms with E-state index in [4.69, 9.17) is 10.5 Å². The first-order valence-electron chi connectivity index (χ1n) is 5.91. The Morgan fingerprint density at radius 2 is 2.00 bits per heavy atom. The Morgan fingerprint density at radius 1 is 1.43 bits per heavy atom. The maximum Gasteiger partial charge on any atom is 0.0560 e. The first-order chi connectivity index (χ1) is 6.59. The standard InChI is InChI=1S/C12H25NO/c1-4-11-5-7-12(13,8-6-11)9-10(2)14-3/h10-11H,4-9,13H2,1-3H3. The monoisotopic (exact) mass is 199 g/mol. The first kappa shape index (κ1) is 12.0. The zero-order valence-electron chi connectivity index (χ0n) is 9.88. The molecule has 0 amide bonds. The zero-order chi connectivity index (χ0) is 10.6. The average molecular weight is 199 g/mol. The van der Waals surface area contributed by atoms with E-state index in [9.17, 15) is 0 Å². The number of nitrogens with two attached hydrogens (primary N) is 1. The van der Waals surface area contributed by atoms with Crippen LogP contribution in [0.3, 0.4) is 0 Å². The van der Waals surface area contributed by atoms with Crippen LogP contribution in [0.25, 0.3) is 0 Å². The average Bonchev–Trinajstić information content (AvgIpc) is 2.18. The molecular weight excluding hydrogens is 174 g/mol. The van der Waals surface area contributed by atoms with Crippen molar-refractivity contribution in [3.8, 4) is 0 Å². The van der Waals surface area contributed by atoms with Crippen molar-refractivity contribution in [3.63, 3.8) is 0 Å². The molecule has 1 aliphatic carbocycles. The van der Waals surface area contributed by atoms with Gasteiger partial charge in [0.15, 0.2) is 0 Å². The predicted molar refractivity (Wildman–Crippen MR) is 60.3 cm³/mol. The van der Waals surface area contributed by atoms with E-state index >= 15 is 0 Å². The van der Waals surface area contributed by atoms with Crippen molar-refractivity contribution in [2.24, 2.45) is 11.7 Å². The molecule has 1 rings (SSSR count). The minimum Gasteiger partial charge on any atom is -0.382 e. The van der Waals surface area contributed by atoms with Gasteiger partial charge in [-0.15, -0.1) is 0 Å². The van der Waals surface area contributed by atoms with Gasteiger partial charge in [0.2, 0.25) is 0 Å². The summed E-state index contributed by atoms with van der Waals surface area (Å²) in [6.45, 7) is 4.40. The van der Waals surface area contributed by atoms with Crippen LogP contribution in [0.5, 0.6) is 0 Å². The smallest absolute Gasteiger partial charge is 0.0560 e. The second-order valence-corrected chi connectivity index (χ2v) is 4.96. The van der Waals surface area contributed by atoms with E-state index in [1.165, 1.54) is 32.1 Å². The largest absolute Gasteiger partial charge is 0.382 e. The van der Waals surface area contributed by atoms with Gasteiger partial charge in [0.05, 0.1) is 6.10 Å². The molecule has 84 valence electrons. The van der Waals surface area contributed by atoms with Crippen molar-refractivity contribution in [1.29, 1.82) is 0 Å². The lowest BCUT2D eigenvalue weighted by Crippen LogP contribution is -2.45. The van der Waals surface area contributed by atoms with Crippen LogP contribution in [0.1, 0.15) is 52.4 Å². The molecule has 0 radical (unpaired) electrons. The second-order valence-electron chi connectivity index (χ2n) is 4.96. The van der Waals surface area contributed by atoms with Crippen molar-refractivity contribution in [2.75, 3.05) is 7.11 Å². The molecule has 2 heteroatoms. The number of rotatable bonds is 4. The maximum absolute atomic E-state index is 6.37. The Labute approximate surface area is 88.2 Å². The van der Waals surface area contributed by atoms with Crippen molar-refractivity contribution < 1.29 is 4.74 Å². The van der Waals surface area contributed by atoms with Gasteiger partial charge in [-0.05, 0) is 44.9 Å². The van der Waals surface area contributed by atoms with Gasteiger partial charge in [-0.25, -0.2) is 0 Å². The van der Waals surface area contributed by atoms with Gasteiger partial charge >= 0.3 is 0 Å². The van der Waals surface area contributed by atoms with Crippen LogP contribution >= 0.6 is 0 Å². The molecule has 2 nitrogen and oxygen atoms in total. The van der Waals surface area contributed by atoms with Gasteiger partial charge in [-0.1, -0.05) is 13.3 Å². The number of hydrogen-bond donors (Lipinski definition) is 1. The molecule has 0 aliphatic heterocycles. The summed E-state index contributed by atoms with van der Waals surface area (Å²) in [5, 5.41) is 0. The van der Waals surface area contributed by atoms with Crippen LogP contribution in [0.4, 0.5) is 0 Å². The second kappa shape index (κ2) is 5.13. The fourth-order valence-electron chi connectivity index (χ4n) is 2.52. The molecule has 0 aromatic heterocycles. The van der Waals surface area contributed by atoms with Gasteiger partial charge < -0.3 is 10.5 Å². The molecule has 1 fully saturated rings. The van der Waals surface area contributed by atoms with E-state index in [1.54, 1.807) is 7.11 Å². The number of hydrogen-bond acceptors (Lipinski definition) is 2. The van der Waals surface area contributed by atoms with Crippen molar-refractivity contribution in [2.45, 2.75) is 64.0 Å². The van der Waals surface area contributed by atoms with Gasteiger partial charge in [0.1, 0.15) is 0 Å². The molecule has 1 atom stereocenters. The van der Waals surface area contributed by atoms with Gasteiger partial charge in [0, 0.05) is 12.6 Å². The molecule has 1 unspecified atom stereocenters. The summed E-state index contributed by atoms with van der Waals surface area (Å²) < 4.78 is 5.29. The zero-order valence-corrected chi connectivity index (χ0v) is 9.88. The Kier molecular flexibility index (Phi) is 4.39. The number of ether oxygens (including phenoxy) is 1. The molecule has 0 bridgehead atoms. The lowest BCUT2D eigenvalue weighted by atomic mass is 9.74. The normalized spacial score (nSPS) is 35.6. The maximum atomic E-state index is 6.37. The van der Waals surface area contributed by atoms with Crippen molar-refractivity contribution >= 4 is 0 Å². The van der Waals surface area contributed by atoms with E-state index in [-0.39, 0.29) is 5.54 Å². The van der Waals surface area contributed by atoms with E-state index < -0.39 is 0 Å². The van der Waals surface area contributed by atoms with Crippen LogP contribution in [0, 0.1) is 5.92 Å². The fourth-order valence-corrected chi connectivity index (χ4v) is 2.52. The van der Waals surface area contributed by atoms with E-state index in [0.29, 0.717) is 6.10 Å². The van der Waals surface area contributed by atoms with Crippen molar-refractivity contribution in [1.82, 2.24) is 0 Å². The Hall–Kier alpha value is -0.0800. The summed E-state index contributed by atoms with van der Waals surface area (Å²) in [5.74, 6) is 0.921. The molecule has 1 saturated carbocycles. The Balaban J connectivity index is 2.37. The highest BCUT2D eigenvalue weighted by Gasteiger charge is 2.32. The summed E-state index contributed by atoms with van der Waals surface area (Å²) in [6.07, 6.45) is 7.61. The third-order valence-electron chi connectivity index (χ3n) is 3.77. The molecular formula is C12H25NO. The molecule has 14 heavy (non-hydrogen) atoms. The van der Waals surface area contributed by atoms with Gasteiger partial charge in [-0.3, -0.25) is 0 Å². The van der Waals surface area contributed by atoms with E-state index in [1.807, 2.05) is 0 Å². The highest BCUT2D eigenvalue weighted by atomic mass is 16.5. The highest BCUT2D eigenvalue weighted by Crippen LogP contribution is 2.34. The Morgan fingerprint density at radius 3 is 2.43 bits per heavy atom. The molecule has 2 N–H and O–H groups in total. The highest BCUT2D eigenvalue weighted by molar-refractivity contribution is 4.90. The molecule has 0 aromatic carbocycles. The summed E-state index contributed by atoms with van der Waals surface area (Å²) in [4.78, 5) is 0. The van der Waals surface area contributed by atoms with Crippen molar-refractivity contribution in [3.05, 3.63) is 0 Å². The lowest BCUT2D eigenvalue weighted by Gasteiger charge is -2.38. The van der Waals surface area contributed by atoms with Crippen LogP contribution in [-0.4, -0.2) is 18.8 Å². The summed E-state index contributed by atoms with van der Waals surface area (Å²) in [6, 6.07) is 0. The SMILES string of the molecule is CCC1CCC(N)(CC(C)OC)CC1. The third kappa shape index (κ3) is 3.25. The van der Waals surface area contributed by atoms with E-state index in [0.717, 1.165) is 12.3 Å². The topological polar surface area (TPSA) is 35.2 Å². The lowest BCUT2D eigenvalue weighted by molar-refractivity contribution is 0.0726. The molecule has 0 saturated heterocycles. The summed E-state index contributed by atoms with van der Waals surface area (Å²) in [5.41, 5.74) is 6.43. The van der Waals surface area contributed by atoms with Crippen LogP contribution < -0.4 is 5.73 Å². The third-order valence-corrected chi connectivity index (χ3v) is 3.77.